The Morgan fingerprint density at radius 2 is 1.43 bits per heavy atom. The Morgan fingerprint density at radius 3 is 1.91 bits per heavy atom. The highest BCUT2D eigenvalue weighted by Crippen LogP contribution is 2.17. The minimum Gasteiger partial charge on any atom is -0.478 e. The molecule has 0 saturated heterocycles. The summed E-state index contributed by atoms with van der Waals surface area (Å²) >= 11 is 0. The van der Waals surface area contributed by atoms with Crippen molar-refractivity contribution >= 4 is 23.7 Å². The number of hydrogen-bond acceptors (Lipinski definition) is 4. The highest BCUT2D eigenvalue weighted by Gasteiger charge is 2.13. The molecule has 0 aromatic heterocycles. The Balaban J connectivity index is 2.18. The molecule has 0 unspecified atom stereocenters. The lowest BCUT2D eigenvalue weighted by Gasteiger charge is -2.08. The molecule has 23 heavy (non-hydrogen) atoms. The first-order chi connectivity index (χ1) is 10.8. The van der Waals surface area contributed by atoms with Gasteiger partial charge in [0, 0.05) is 5.69 Å². The Kier molecular flexibility index (Phi) is 4.55. The fraction of sp³-hybridized carbons (Fsp3) is 0. The number of carbonyl (C=O) groups excluding carboxylic acids is 1. The lowest BCUT2D eigenvalue weighted by Crippen LogP contribution is -2.17. The molecule has 0 radical (unpaired) electrons. The minimum atomic E-state index is -1.34. The van der Waals surface area contributed by atoms with E-state index in [1.807, 2.05) is 0 Å². The summed E-state index contributed by atoms with van der Waals surface area (Å²) in [6.45, 7) is 0. The van der Waals surface area contributed by atoms with Crippen LogP contribution in [0.25, 0.3) is 0 Å². The van der Waals surface area contributed by atoms with Gasteiger partial charge in [-0.05, 0) is 42.5 Å². The fourth-order valence-electron chi connectivity index (χ4n) is 1.70. The smallest absolute Gasteiger partial charge is 0.417 e. The van der Waals surface area contributed by atoms with E-state index in [1.54, 1.807) is 0 Å². The molecule has 0 spiro atoms. The van der Waals surface area contributed by atoms with Gasteiger partial charge < -0.3 is 14.9 Å². The van der Waals surface area contributed by atoms with Crippen LogP contribution in [0.4, 0.5) is 14.9 Å². The molecule has 2 rings (SSSR count). The molecule has 0 aliphatic heterocycles. The minimum absolute atomic E-state index is 0.0607. The molecule has 0 atom stereocenters. The second kappa shape index (κ2) is 6.56. The largest absolute Gasteiger partial charge is 0.478 e. The predicted octanol–water partition coefficient (Wildman–Crippen LogP) is 2.83. The normalized spacial score (nSPS) is 9.96. The summed E-state index contributed by atoms with van der Waals surface area (Å²) in [7, 11) is 0. The molecule has 1 amide bonds. The van der Waals surface area contributed by atoms with Gasteiger partial charge in [0.2, 0.25) is 0 Å². The zero-order valence-corrected chi connectivity index (χ0v) is 11.4. The quantitative estimate of drug-likeness (QED) is 0.798. The van der Waals surface area contributed by atoms with Crippen molar-refractivity contribution in [1.29, 1.82) is 0 Å². The number of ether oxygens (including phenoxy) is 1. The lowest BCUT2D eigenvalue weighted by molar-refractivity contribution is 0.0696. The first kappa shape index (κ1) is 16.0. The molecule has 0 bridgehead atoms. The number of amides is 1. The number of benzene rings is 2. The van der Waals surface area contributed by atoms with Crippen LogP contribution in [0.5, 0.6) is 5.75 Å². The summed E-state index contributed by atoms with van der Waals surface area (Å²) in [6, 6.07) is 7.77. The zero-order valence-electron chi connectivity index (χ0n) is 11.4. The third-order valence-corrected chi connectivity index (χ3v) is 2.70. The molecule has 0 aliphatic rings. The Bertz CT molecular complexity index is 740. The van der Waals surface area contributed by atoms with E-state index in [4.69, 9.17) is 14.9 Å². The number of hydrogen-bond donors (Lipinski definition) is 3. The number of rotatable bonds is 4. The number of halogens is 1. The van der Waals surface area contributed by atoms with Crippen molar-refractivity contribution in [2.24, 2.45) is 0 Å². The van der Waals surface area contributed by atoms with Crippen molar-refractivity contribution in [2.45, 2.75) is 0 Å². The summed E-state index contributed by atoms with van der Waals surface area (Å²) in [5.74, 6) is -3.12. The monoisotopic (exact) mass is 319 g/mol. The van der Waals surface area contributed by atoms with Gasteiger partial charge in [0.1, 0.15) is 11.6 Å². The molecular formula is C15H10FNO6. The second-order valence-corrected chi connectivity index (χ2v) is 4.38. The summed E-state index contributed by atoms with van der Waals surface area (Å²) < 4.78 is 17.6. The van der Waals surface area contributed by atoms with E-state index >= 15 is 0 Å². The van der Waals surface area contributed by atoms with Crippen LogP contribution in [-0.2, 0) is 0 Å². The fourth-order valence-corrected chi connectivity index (χ4v) is 1.70. The van der Waals surface area contributed by atoms with Crippen molar-refractivity contribution in [3.63, 3.8) is 0 Å². The second-order valence-electron chi connectivity index (χ2n) is 4.38. The highest BCUT2D eigenvalue weighted by molar-refractivity contribution is 5.97. The van der Waals surface area contributed by atoms with Gasteiger partial charge in [0.15, 0.2) is 0 Å². The number of carboxylic acids is 2. The third-order valence-electron chi connectivity index (χ3n) is 2.70. The van der Waals surface area contributed by atoms with Crippen molar-refractivity contribution in [1.82, 2.24) is 0 Å². The molecule has 3 N–H and O–H groups in total. The van der Waals surface area contributed by atoms with Crippen LogP contribution < -0.4 is 10.1 Å². The molecule has 0 saturated carbocycles. The Morgan fingerprint density at radius 1 is 0.913 bits per heavy atom. The molecule has 0 heterocycles. The van der Waals surface area contributed by atoms with Gasteiger partial charge in [-0.3, -0.25) is 5.32 Å². The molecule has 0 aliphatic carbocycles. The molecule has 7 nitrogen and oxygen atoms in total. The van der Waals surface area contributed by atoms with Gasteiger partial charge in [-0.25, -0.2) is 18.8 Å². The first-order valence-corrected chi connectivity index (χ1v) is 6.21. The topological polar surface area (TPSA) is 113 Å². The molecule has 2 aromatic carbocycles. The maximum Gasteiger partial charge on any atom is 0.417 e. The predicted molar refractivity (Wildman–Crippen MR) is 76.4 cm³/mol. The number of carbonyl (C=O) groups is 3. The summed E-state index contributed by atoms with van der Waals surface area (Å²) in [5.41, 5.74) is -0.668. The maximum absolute atomic E-state index is 12.7. The third kappa shape index (κ3) is 4.27. The van der Waals surface area contributed by atoms with Crippen molar-refractivity contribution < 1.29 is 33.7 Å². The Labute approximate surface area is 128 Å². The summed E-state index contributed by atoms with van der Waals surface area (Å²) in [5, 5.41) is 20.1. The van der Waals surface area contributed by atoms with E-state index in [9.17, 15) is 18.8 Å². The van der Waals surface area contributed by atoms with Gasteiger partial charge in [0.05, 0.1) is 11.1 Å². The van der Waals surface area contributed by atoms with E-state index in [2.05, 4.69) is 5.32 Å². The van der Waals surface area contributed by atoms with E-state index in [0.717, 1.165) is 30.3 Å². The van der Waals surface area contributed by atoms with E-state index in [1.165, 1.54) is 12.1 Å². The van der Waals surface area contributed by atoms with Crippen LogP contribution in [0.2, 0.25) is 0 Å². The van der Waals surface area contributed by atoms with Crippen LogP contribution in [0.1, 0.15) is 20.7 Å². The maximum atomic E-state index is 12.7. The molecule has 0 fully saturated rings. The van der Waals surface area contributed by atoms with Crippen molar-refractivity contribution in [2.75, 3.05) is 5.32 Å². The van der Waals surface area contributed by atoms with Crippen LogP contribution in [0.3, 0.4) is 0 Å². The summed E-state index contributed by atoms with van der Waals surface area (Å²) in [6.07, 6.45) is -0.976. The van der Waals surface area contributed by atoms with Gasteiger partial charge >= 0.3 is 18.0 Å². The van der Waals surface area contributed by atoms with Gasteiger partial charge in [-0.1, -0.05) is 0 Å². The molecule has 8 heteroatoms. The number of nitrogens with one attached hydrogen (secondary N) is 1. The van der Waals surface area contributed by atoms with Gasteiger partial charge in [-0.15, -0.1) is 0 Å². The van der Waals surface area contributed by atoms with Crippen LogP contribution in [0, 0.1) is 5.82 Å². The number of carboxylic acid groups (broad SMARTS) is 2. The number of aromatic carboxylic acids is 2. The van der Waals surface area contributed by atoms with Gasteiger partial charge in [-0.2, -0.15) is 0 Å². The van der Waals surface area contributed by atoms with Crippen molar-refractivity contribution in [3.05, 3.63) is 59.4 Å². The lowest BCUT2D eigenvalue weighted by atomic mass is 10.1. The summed E-state index contributed by atoms with van der Waals surface area (Å²) in [4.78, 5) is 33.6. The highest BCUT2D eigenvalue weighted by atomic mass is 19.1. The van der Waals surface area contributed by atoms with Gasteiger partial charge in [0.25, 0.3) is 0 Å². The van der Waals surface area contributed by atoms with Crippen LogP contribution in [0.15, 0.2) is 42.5 Å². The van der Waals surface area contributed by atoms with E-state index in [0.29, 0.717) is 0 Å². The standard InChI is InChI=1S/C15H10FNO6/c16-10-1-3-12(4-2-10)23-15(22)17-11-6-8(13(18)19)5-9(7-11)14(20)21/h1-7H,(H,17,22)(H,18,19)(H,20,21). The molecule has 2 aromatic rings. The molecule has 118 valence electrons. The molecular weight excluding hydrogens is 309 g/mol. The van der Waals surface area contributed by atoms with Crippen molar-refractivity contribution in [3.8, 4) is 5.75 Å². The van der Waals surface area contributed by atoms with E-state index < -0.39 is 23.8 Å². The van der Waals surface area contributed by atoms with Crippen LogP contribution >= 0.6 is 0 Å². The SMILES string of the molecule is O=C(Nc1cc(C(=O)O)cc(C(=O)O)c1)Oc1ccc(F)cc1. The zero-order chi connectivity index (χ0) is 17.0. The number of anilines is 1. The average Bonchev–Trinajstić information content (AvgIpc) is 2.49. The van der Waals surface area contributed by atoms with E-state index in [-0.39, 0.29) is 22.6 Å². The average molecular weight is 319 g/mol. The Hall–Kier alpha value is -3.42. The first-order valence-electron chi connectivity index (χ1n) is 6.21. The van der Waals surface area contributed by atoms with Crippen LogP contribution in [-0.4, -0.2) is 28.2 Å².